The van der Waals surface area contributed by atoms with Crippen molar-refractivity contribution in [2.45, 2.75) is 56.9 Å². The highest BCUT2D eigenvalue weighted by Crippen LogP contribution is 2.44. The molecule has 0 radical (unpaired) electrons. The Morgan fingerprint density at radius 2 is 1.79 bits per heavy atom. The van der Waals surface area contributed by atoms with Crippen molar-refractivity contribution in [1.82, 2.24) is 4.72 Å². The van der Waals surface area contributed by atoms with Crippen LogP contribution in [0.5, 0.6) is 0 Å². The number of sulfonamides is 1. The standard InChI is InChI=1S/C17H23BrF3NO5S/c1-15(2,3)28(25,26)22-14(11-8-10(18)6-7-12(11)19)17(20,21)16(4,5)27-9-13(23)24/h6-8,14,22H,9H2,1-5H3,(H,23,24)/t14-/m1/s1. The maximum atomic E-state index is 15.4. The van der Waals surface area contributed by atoms with E-state index in [0.29, 0.717) is 0 Å². The first-order valence-corrected chi connectivity index (χ1v) is 10.4. The number of benzene rings is 1. The van der Waals surface area contributed by atoms with Crippen LogP contribution in [0.1, 0.15) is 46.2 Å². The van der Waals surface area contributed by atoms with Gasteiger partial charge in [0.25, 0.3) is 5.92 Å². The molecule has 11 heteroatoms. The first-order valence-electron chi connectivity index (χ1n) is 8.13. The van der Waals surface area contributed by atoms with Gasteiger partial charge in [-0.25, -0.2) is 31.1 Å². The quantitative estimate of drug-likeness (QED) is 0.578. The molecule has 1 atom stereocenters. The van der Waals surface area contributed by atoms with Crippen molar-refractivity contribution in [2.75, 3.05) is 6.61 Å². The second-order valence-corrected chi connectivity index (χ2v) is 11.0. The average molecular weight is 490 g/mol. The fourth-order valence-corrected chi connectivity index (χ4v) is 3.40. The zero-order valence-electron chi connectivity index (χ0n) is 16.0. The van der Waals surface area contributed by atoms with Crippen LogP contribution < -0.4 is 4.72 Å². The third-order valence-corrected chi connectivity index (χ3v) is 6.72. The Bertz CT molecular complexity index is 838. The maximum Gasteiger partial charge on any atom is 0.329 e. The number of carboxylic acids is 1. The lowest BCUT2D eigenvalue weighted by Crippen LogP contribution is -2.56. The summed E-state index contributed by atoms with van der Waals surface area (Å²) in [5, 5.41) is 8.72. The molecule has 1 aromatic rings. The summed E-state index contributed by atoms with van der Waals surface area (Å²) >= 11 is 3.05. The molecular weight excluding hydrogens is 467 g/mol. The molecule has 1 aromatic carbocycles. The van der Waals surface area contributed by atoms with Gasteiger partial charge in [-0.1, -0.05) is 15.9 Å². The molecule has 6 nitrogen and oxygen atoms in total. The summed E-state index contributed by atoms with van der Waals surface area (Å²) in [6.45, 7) is 4.67. The van der Waals surface area contributed by atoms with E-state index in [1.807, 2.05) is 4.72 Å². The van der Waals surface area contributed by atoms with Crippen molar-refractivity contribution >= 4 is 31.9 Å². The SMILES string of the molecule is CC(C)(OCC(=O)O)C(F)(F)[C@H](NS(=O)(=O)C(C)(C)C)c1cc(Br)ccc1F. The molecule has 0 aliphatic carbocycles. The monoisotopic (exact) mass is 489 g/mol. The molecule has 0 saturated heterocycles. The van der Waals surface area contributed by atoms with Crippen LogP contribution in [0.2, 0.25) is 0 Å². The predicted molar refractivity (Wildman–Crippen MR) is 101 cm³/mol. The van der Waals surface area contributed by atoms with Gasteiger partial charge in [0.05, 0.1) is 4.75 Å². The Kier molecular flexibility index (Phi) is 7.36. The van der Waals surface area contributed by atoms with E-state index in [-0.39, 0.29) is 4.47 Å². The first-order chi connectivity index (χ1) is 12.4. The summed E-state index contributed by atoms with van der Waals surface area (Å²) in [7, 11) is -4.33. The van der Waals surface area contributed by atoms with Crippen LogP contribution in [0.25, 0.3) is 0 Å². The molecule has 0 saturated carbocycles. The molecule has 28 heavy (non-hydrogen) atoms. The normalized spacial score (nSPS) is 14.8. The first kappa shape index (κ1) is 24.9. The number of carboxylic acid groups (broad SMARTS) is 1. The minimum absolute atomic E-state index is 0.254. The van der Waals surface area contributed by atoms with E-state index in [4.69, 9.17) is 9.84 Å². The number of hydrogen-bond acceptors (Lipinski definition) is 4. The van der Waals surface area contributed by atoms with Crippen LogP contribution in [0.3, 0.4) is 0 Å². The van der Waals surface area contributed by atoms with Crippen LogP contribution >= 0.6 is 15.9 Å². The molecule has 2 N–H and O–H groups in total. The maximum absolute atomic E-state index is 15.4. The largest absolute Gasteiger partial charge is 0.480 e. The summed E-state index contributed by atoms with van der Waals surface area (Å²) in [5.74, 6) is -6.56. The zero-order chi connectivity index (χ0) is 22.1. The highest BCUT2D eigenvalue weighted by atomic mass is 79.9. The van der Waals surface area contributed by atoms with Crippen molar-refractivity contribution in [3.63, 3.8) is 0 Å². The molecule has 0 spiro atoms. The van der Waals surface area contributed by atoms with Crippen LogP contribution in [-0.4, -0.2) is 42.4 Å². The fourth-order valence-electron chi connectivity index (χ4n) is 2.09. The van der Waals surface area contributed by atoms with Crippen LogP contribution in [-0.2, 0) is 19.6 Å². The molecule has 1 rings (SSSR count). The Labute approximate surface area is 170 Å². The Hall–Kier alpha value is -1.17. The average Bonchev–Trinajstić information content (AvgIpc) is 2.52. The van der Waals surface area contributed by atoms with E-state index < -0.39 is 56.3 Å². The molecule has 0 amide bonds. The molecule has 0 bridgehead atoms. The van der Waals surface area contributed by atoms with Crippen molar-refractivity contribution in [3.8, 4) is 0 Å². The predicted octanol–water partition coefficient (Wildman–Crippen LogP) is 3.86. The number of halogens is 4. The number of ether oxygens (including phenoxy) is 1. The second kappa shape index (κ2) is 8.29. The minimum atomic E-state index is -4.33. The minimum Gasteiger partial charge on any atom is -0.480 e. The molecule has 0 aliphatic rings. The summed E-state index contributed by atoms with van der Waals surface area (Å²) < 4.78 is 75.8. The Morgan fingerprint density at radius 1 is 1.25 bits per heavy atom. The van der Waals surface area contributed by atoms with Gasteiger partial charge >= 0.3 is 5.97 Å². The van der Waals surface area contributed by atoms with Crippen molar-refractivity contribution in [1.29, 1.82) is 0 Å². The molecular formula is C17H23BrF3NO5S. The highest BCUT2D eigenvalue weighted by molar-refractivity contribution is 9.10. The van der Waals surface area contributed by atoms with Crippen LogP contribution in [0.15, 0.2) is 22.7 Å². The third-order valence-electron chi connectivity index (χ3n) is 4.07. The van der Waals surface area contributed by atoms with Gasteiger partial charge in [0.2, 0.25) is 10.0 Å². The van der Waals surface area contributed by atoms with E-state index in [1.165, 1.54) is 26.8 Å². The van der Waals surface area contributed by atoms with Gasteiger partial charge in [-0.05, 0) is 52.8 Å². The van der Waals surface area contributed by atoms with E-state index in [0.717, 1.165) is 26.0 Å². The number of rotatable bonds is 8. The van der Waals surface area contributed by atoms with E-state index in [9.17, 15) is 17.6 Å². The number of aliphatic carboxylic acids is 1. The van der Waals surface area contributed by atoms with Crippen molar-refractivity contribution < 1.29 is 36.2 Å². The van der Waals surface area contributed by atoms with Gasteiger partial charge in [0.15, 0.2) is 0 Å². The van der Waals surface area contributed by atoms with Crippen molar-refractivity contribution in [2.24, 2.45) is 0 Å². The van der Waals surface area contributed by atoms with Gasteiger partial charge in [-0.3, -0.25) is 0 Å². The zero-order valence-corrected chi connectivity index (χ0v) is 18.4. The number of carbonyl (C=O) groups is 1. The lowest BCUT2D eigenvalue weighted by molar-refractivity contribution is -0.209. The molecule has 0 unspecified atom stereocenters. The summed E-state index contributed by atoms with van der Waals surface area (Å²) in [6.07, 6.45) is 0. The van der Waals surface area contributed by atoms with Gasteiger partial charge in [-0.2, -0.15) is 0 Å². The molecule has 0 fully saturated rings. The Balaban J connectivity index is 3.58. The smallest absolute Gasteiger partial charge is 0.329 e. The number of alkyl halides is 2. The van der Waals surface area contributed by atoms with Gasteiger partial charge < -0.3 is 9.84 Å². The summed E-state index contributed by atoms with van der Waals surface area (Å²) in [4.78, 5) is 10.7. The van der Waals surface area contributed by atoms with E-state index >= 15 is 8.78 Å². The second-order valence-electron chi connectivity index (χ2n) is 7.65. The molecule has 0 aromatic heterocycles. The third kappa shape index (κ3) is 5.46. The van der Waals surface area contributed by atoms with Gasteiger partial charge in [-0.15, -0.1) is 0 Å². The molecule has 160 valence electrons. The number of nitrogens with one attached hydrogen (secondary N) is 1. The molecule has 0 aliphatic heterocycles. The van der Waals surface area contributed by atoms with Crippen LogP contribution in [0, 0.1) is 5.82 Å². The van der Waals surface area contributed by atoms with Gasteiger partial charge in [0.1, 0.15) is 24.1 Å². The van der Waals surface area contributed by atoms with Crippen molar-refractivity contribution in [3.05, 3.63) is 34.1 Å². The summed E-state index contributed by atoms with van der Waals surface area (Å²) in [5.41, 5.74) is -3.05. The lowest BCUT2D eigenvalue weighted by atomic mass is 9.89. The Morgan fingerprint density at radius 3 is 2.25 bits per heavy atom. The highest BCUT2D eigenvalue weighted by Gasteiger charge is 2.57. The fraction of sp³-hybridized carbons (Fsp3) is 0.588. The number of hydrogen-bond donors (Lipinski definition) is 2. The summed E-state index contributed by atoms with van der Waals surface area (Å²) in [6, 6.07) is 0.877. The van der Waals surface area contributed by atoms with Crippen LogP contribution in [0.4, 0.5) is 13.2 Å². The van der Waals surface area contributed by atoms with Gasteiger partial charge in [0, 0.05) is 10.0 Å². The topological polar surface area (TPSA) is 92.7 Å². The van der Waals surface area contributed by atoms with E-state index in [2.05, 4.69) is 15.9 Å². The van der Waals surface area contributed by atoms with E-state index in [1.54, 1.807) is 0 Å². The lowest BCUT2D eigenvalue weighted by Gasteiger charge is -2.40. The molecule has 0 heterocycles.